The van der Waals surface area contributed by atoms with Crippen molar-refractivity contribution in [1.82, 2.24) is 19.7 Å². The molecule has 0 aromatic carbocycles. The molecule has 1 N–H and O–H groups in total. The zero-order valence-electron chi connectivity index (χ0n) is 13.0. The van der Waals surface area contributed by atoms with Gasteiger partial charge in [0.05, 0.1) is 11.7 Å². The predicted molar refractivity (Wildman–Crippen MR) is 93.8 cm³/mol. The van der Waals surface area contributed by atoms with Crippen LogP contribution in [0.4, 0.5) is 5.13 Å². The average Bonchev–Trinajstić information content (AvgIpc) is 3.25. The molecule has 3 aromatic heterocycles. The Hall–Kier alpha value is -2.13. The molecular weight excluding hydrogens is 346 g/mol. The van der Waals surface area contributed by atoms with Gasteiger partial charge in [-0.15, -0.1) is 21.5 Å². The van der Waals surface area contributed by atoms with E-state index in [1.54, 1.807) is 11.3 Å². The maximum absolute atomic E-state index is 12.7. The SMILES string of the molecule is CCc1nnc(NC(=O)Cn2cnc3sc4c(c3c2=O)CCC4)s1. The molecule has 0 unspecified atom stereocenters. The minimum Gasteiger partial charge on any atom is -0.299 e. The molecule has 9 heteroatoms. The van der Waals surface area contributed by atoms with Crippen molar-refractivity contribution in [2.45, 2.75) is 39.2 Å². The van der Waals surface area contributed by atoms with E-state index in [9.17, 15) is 9.59 Å². The van der Waals surface area contributed by atoms with E-state index in [1.165, 1.54) is 27.1 Å². The van der Waals surface area contributed by atoms with Gasteiger partial charge in [-0.1, -0.05) is 18.3 Å². The lowest BCUT2D eigenvalue weighted by Crippen LogP contribution is -2.28. The minimum atomic E-state index is -0.302. The second-order valence-electron chi connectivity index (χ2n) is 5.62. The number of nitrogens with zero attached hydrogens (tertiary/aromatic N) is 4. The monoisotopic (exact) mass is 361 g/mol. The molecule has 1 amide bonds. The van der Waals surface area contributed by atoms with E-state index in [0.717, 1.165) is 41.1 Å². The van der Waals surface area contributed by atoms with Crippen LogP contribution in [0.1, 0.15) is 28.8 Å². The highest BCUT2D eigenvalue weighted by Gasteiger charge is 2.21. The number of carbonyl (C=O) groups is 1. The Morgan fingerprint density at radius 2 is 2.21 bits per heavy atom. The Bertz CT molecular complexity index is 988. The molecule has 0 fully saturated rings. The van der Waals surface area contributed by atoms with Gasteiger partial charge in [-0.25, -0.2) is 4.98 Å². The number of anilines is 1. The van der Waals surface area contributed by atoms with Crippen molar-refractivity contribution in [2.75, 3.05) is 5.32 Å². The van der Waals surface area contributed by atoms with Gasteiger partial charge in [0, 0.05) is 4.88 Å². The Morgan fingerprint density at radius 1 is 1.33 bits per heavy atom. The molecule has 124 valence electrons. The molecule has 0 bridgehead atoms. The molecular formula is C15H15N5O2S2. The third kappa shape index (κ3) is 2.63. The standard InChI is InChI=1S/C15H15N5O2S2/c1-2-11-18-19-15(24-11)17-10(21)6-20-7-16-13-12(14(20)22)8-4-3-5-9(8)23-13/h7H,2-6H2,1H3,(H,17,19,21). The summed E-state index contributed by atoms with van der Waals surface area (Å²) in [5.74, 6) is -0.302. The average molecular weight is 361 g/mol. The van der Waals surface area contributed by atoms with E-state index in [4.69, 9.17) is 0 Å². The number of carbonyl (C=O) groups excluding carboxylic acids is 1. The van der Waals surface area contributed by atoms with Crippen molar-refractivity contribution < 1.29 is 4.79 Å². The molecule has 24 heavy (non-hydrogen) atoms. The third-order valence-corrected chi connectivity index (χ3v) is 6.20. The first kappa shape index (κ1) is 15.4. The first-order valence-corrected chi connectivity index (χ1v) is 9.41. The number of nitrogens with one attached hydrogen (secondary N) is 1. The highest BCUT2D eigenvalue weighted by molar-refractivity contribution is 7.18. The van der Waals surface area contributed by atoms with Crippen LogP contribution in [0.15, 0.2) is 11.1 Å². The van der Waals surface area contributed by atoms with Crippen LogP contribution in [0, 0.1) is 0 Å². The van der Waals surface area contributed by atoms with Crippen LogP contribution in [0.2, 0.25) is 0 Å². The summed E-state index contributed by atoms with van der Waals surface area (Å²) in [5, 5.41) is 12.6. The number of amides is 1. The molecule has 0 saturated carbocycles. The van der Waals surface area contributed by atoms with Crippen LogP contribution in [0.5, 0.6) is 0 Å². The van der Waals surface area contributed by atoms with E-state index in [0.29, 0.717) is 10.5 Å². The molecule has 4 rings (SSSR count). The summed E-state index contributed by atoms with van der Waals surface area (Å²) in [6.07, 6.45) is 5.26. The van der Waals surface area contributed by atoms with Gasteiger partial charge in [0.1, 0.15) is 16.4 Å². The van der Waals surface area contributed by atoms with E-state index in [2.05, 4.69) is 20.5 Å². The molecule has 7 nitrogen and oxygen atoms in total. The van der Waals surface area contributed by atoms with E-state index in [-0.39, 0.29) is 18.0 Å². The molecule has 0 radical (unpaired) electrons. The summed E-state index contributed by atoms with van der Waals surface area (Å²) < 4.78 is 1.37. The Labute approximate surface area is 145 Å². The number of rotatable bonds is 4. The Morgan fingerprint density at radius 3 is 3.00 bits per heavy atom. The van der Waals surface area contributed by atoms with E-state index in [1.807, 2.05) is 6.92 Å². The van der Waals surface area contributed by atoms with Crippen molar-refractivity contribution in [3.63, 3.8) is 0 Å². The first-order valence-electron chi connectivity index (χ1n) is 7.77. The van der Waals surface area contributed by atoms with Gasteiger partial charge >= 0.3 is 0 Å². The predicted octanol–water partition coefficient (Wildman–Crippen LogP) is 2.00. The summed E-state index contributed by atoms with van der Waals surface area (Å²) in [7, 11) is 0. The van der Waals surface area contributed by atoms with Crippen molar-refractivity contribution in [2.24, 2.45) is 0 Å². The first-order chi connectivity index (χ1) is 11.7. The molecule has 3 heterocycles. The molecule has 3 aromatic rings. The Balaban J connectivity index is 1.59. The Kier molecular flexibility index (Phi) is 3.89. The maximum atomic E-state index is 12.7. The molecule has 0 atom stereocenters. The fraction of sp³-hybridized carbons (Fsp3) is 0.400. The van der Waals surface area contributed by atoms with Gasteiger partial charge < -0.3 is 0 Å². The highest BCUT2D eigenvalue weighted by atomic mass is 32.1. The smallest absolute Gasteiger partial charge is 0.262 e. The quantitative estimate of drug-likeness (QED) is 0.768. The minimum absolute atomic E-state index is 0.0760. The molecule has 0 spiro atoms. The van der Waals surface area contributed by atoms with Crippen LogP contribution >= 0.6 is 22.7 Å². The van der Waals surface area contributed by atoms with Gasteiger partial charge in [0.25, 0.3) is 5.56 Å². The highest BCUT2D eigenvalue weighted by Crippen LogP contribution is 2.34. The summed E-state index contributed by atoms with van der Waals surface area (Å²) in [6.45, 7) is 1.90. The normalized spacial score (nSPS) is 13.4. The summed E-state index contributed by atoms with van der Waals surface area (Å²) in [5.41, 5.74) is 0.986. The molecule has 1 aliphatic carbocycles. The topological polar surface area (TPSA) is 89.8 Å². The van der Waals surface area contributed by atoms with Crippen molar-refractivity contribution in [3.8, 4) is 0 Å². The lowest BCUT2D eigenvalue weighted by Gasteiger charge is -2.05. The fourth-order valence-electron chi connectivity index (χ4n) is 2.89. The number of aryl methyl sites for hydroxylation is 3. The van der Waals surface area contributed by atoms with Crippen molar-refractivity contribution >= 4 is 43.9 Å². The van der Waals surface area contributed by atoms with Gasteiger partial charge in [-0.3, -0.25) is 19.5 Å². The van der Waals surface area contributed by atoms with Crippen molar-refractivity contribution in [1.29, 1.82) is 0 Å². The van der Waals surface area contributed by atoms with Crippen LogP contribution in [0.3, 0.4) is 0 Å². The zero-order chi connectivity index (χ0) is 16.7. The van der Waals surface area contributed by atoms with Gasteiger partial charge in [0.15, 0.2) is 0 Å². The van der Waals surface area contributed by atoms with Crippen LogP contribution in [-0.4, -0.2) is 25.7 Å². The van der Waals surface area contributed by atoms with E-state index >= 15 is 0 Å². The summed E-state index contributed by atoms with van der Waals surface area (Å²) >= 11 is 2.94. The van der Waals surface area contributed by atoms with Gasteiger partial charge in [0.2, 0.25) is 11.0 Å². The van der Waals surface area contributed by atoms with Gasteiger partial charge in [-0.2, -0.15) is 0 Å². The van der Waals surface area contributed by atoms with Crippen LogP contribution in [0.25, 0.3) is 10.2 Å². The van der Waals surface area contributed by atoms with Crippen molar-refractivity contribution in [3.05, 3.63) is 32.1 Å². The van der Waals surface area contributed by atoms with E-state index < -0.39 is 0 Å². The fourth-order valence-corrected chi connectivity index (χ4v) is 4.81. The number of hydrogen-bond donors (Lipinski definition) is 1. The van der Waals surface area contributed by atoms with Crippen LogP contribution in [-0.2, 0) is 30.6 Å². The number of hydrogen-bond acceptors (Lipinski definition) is 7. The third-order valence-electron chi connectivity index (χ3n) is 4.02. The largest absolute Gasteiger partial charge is 0.299 e. The van der Waals surface area contributed by atoms with Gasteiger partial charge in [-0.05, 0) is 31.2 Å². The second kappa shape index (κ2) is 6.06. The number of fused-ring (bicyclic) bond motifs is 3. The number of thiophene rings is 1. The van der Waals surface area contributed by atoms with Crippen LogP contribution < -0.4 is 10.9 Å². The summed E-state index contributed by atoms with van der Waals surface area (Å²) in [4.78, 5) is 31.3. The molecule has 0 saturated heterocycles. The maximum Gasteiger partial charge on any atom is 0.262 e. The summed E-state index contributed by atoms with van der Waals surface area (Å²) in [6, 6.07) is 0. The number of aromatic nitrogens is 4. The second-order valence-corrected chi connectivity index (χ2v) is 7.76. The lowest BCUT2D eigenvalue weighted by molar-refractivity contribution is -0.116. The molecule has 1 aliphatic rings. The lowest BCUT2D eigenvalue weighted by atomic mass is 10.2. The molecule has 0 aliphatic heterocycles. The zero-order valence-corrected chi connectivity index (χ0v) is 14.7.